The normalized spacial score (nSPS) is 25.3. The third-order valence-electron chi connectivity index (χ3n) is 3.71. The lowest BCUT2D eigenvalue weighted by atomic mass is 9.91. The van der Waals surface area contributed by atoms with E-state index in [4.69, 9.17) is 15.2 Å². The molecule has 1 aromatic heterocycles. The number of aryl methyl sites for hydroxylation is 1. The summed E-state index contributed by atoms with van der Waals surface area (Å²) in [6.07, 6.45) is 3.99. The number of rotatable bonds is 5. The molecule has 3 unspecified atom stereocenters. The first-order chi connectivity index (χ1) is 8.69. The molecule has 0 spiro atoms. The molecule has 2 heterocycles. The van der Waals surface area contributed by atoms with Crippen LogP contribution in [0.4, 0.5) is 0 Å². The second kappa shape index (κ2) is 5.71. The van der Waals surface area contributed by atoms with Crippen molar-refractivity contribution < 1.29 is 9.47 Å². The molecule has 2 rings (SSSR count). The monoisotopic (exact) mass is 253 g/mol. The van der Waals surface area contributed by atoms with Gasteiger partial charge in [-0.2, -0.15) is 5.10 Å². The van der Waals surface area contributed by atoms with E-state index in [1.54, 1.807) is 13.3 Å². The Morgan fingerprint density at radius 3 is 3.00 bits per heavy atom. The highest BCUT2D eigenvalue weighted by Gasteiger charge is 2.34. The van der Waals surface area contributed by atoms with Gasteiger partial charge in [0.05, 0.1) is 31.1 Å². The average molecular weight is 253 g/mol. The molecule has 0 amide bonds. The van der Waals surface area contributed by atoms with E-state index in [9.17, 15) is 0 Å². The van der Waals surface area contributed by atoms with Crippen LogP contribution in [-0.4, -0.2) is 29.6 Å². The highest BCUT2D eigenvalue weighted by molar-refractivity contribution is 5.29. The Kier molecular flexibility index (Phi) is 4.24. The first-order valence-corrected chi connectivity index (χ1v) is 6.65. The summed E-state index contributed by atoms with van der Waals surface area (Å²) in [4.78, 5) is 0. The van der Waals surface area contributed by atoms with Gasteiger partial charge in [-0.15, -0.1) is 0 Å². The molecule has 102 valence electrons. The summed E-state index contributed by atoms with van der Waals surface area (Å²) in [7, 11) is 1.66. The highest BCUT2D eigenvalue weighted by atomic mass is 16.5. The van der Waals surface area contributed by atoms with E-state index in [2.05, 4.69) is 18.9 Å². The maximum Gasteiger partial charge on any atom is 0.161 e. The molecule has 5 heteroatoms. The number of hydrogen-bond acceptors (Lipinski definition) is 4. The van der Waals surface area contributed by atoms with Gasteiger partial charge < -0.3 is 15.2 Å². The molecular weight excluding hydrogens is 230 g/mol. The van der Waals surface area contributed by atoms with Crippen molar-refractivity contribution in [2.75, 3.05) is 13.7 Å². The lowest BCUT2D eigenvalue weighted by Gasteiger charge is -2.23. The summed E-state index contributed by atoms with van der Waals surface area (Å²) in [5.74, 6) is 1.13. The maximum absolute atomic E-state index is 6.42. The van der Waals surface area contributed by atoms with Crippen LogP contribution in [0.15, 0.2) is 6.20 Å². The molecule has 3 atom stereocenters. The van der Waals surface area contributed by atoms with E-state index in [1.165, 1.54) is 0 Å². The molecule has 1 fully saturated rings. The maximum atomic E-state index is 6.42. The quantitative estimate of drug-likeness (QED) is 0.868. The summed E-state index contributed by atoms with van der Waals surface area (Å²) in [5.41, 5.74) is 7.42. The first-order valence-electron chi connectivity index (χ1n) is 6.65. The van der Waals surface area contributed by atoms with Crippen LogP contribution in [0, 0.1) is 5.92 Å². The SMILES string of the molecule is CCCn1ncc(OC)c1C(N)C1CCOC1C. The van der Waals surface area contributed by atoms with Gasteiger partial charge in [0.2, 0.25) is 0 Å². The molecule has 0 saturated carbocycles. The Bertz CT molecular complexity index is 392. The van der Waals surface area contributed by atoms with Crippen LogP contribution in [0.1, 0.15) is 38.4 Å². The van der Waals surface area contributed by atoms with Gasteiger partial charge in [-0.3, -0.25) is 4.68 Å². The highest BCUT2D eigenvalue weighted by Crippen LogP contribution is 2.35. The summed E-state index contributed by atoms with van der Waals surface area (Å²) in [6.45, 7) is 5.88. The smallest absolute Gasteiger partial charge is 0.161 e. The molecule has 1 aromatic rings. The summed E-state index contributed by atoms with van der Waals surface area (Å²) < 4.78 is 13.0. The molecule has 18 heavy (non-hydrogen) atoms. The summed E-state index contributed by atoms with van der Waals surface area (Å²) >= 11 is 0. The van der Waals surface area contributed by atoms with Crippen LogP contribution in [0.25, 0.3) is 0 Å². The van der Waals surface area contributed by atoms with Crippen molar-refractivity contribution in [1.82, 2.24) is 9.78 Å². The van der Waals surface area contributed by atoms with Crippen molar-refractivity contribution in [3.05, 3.63) is 11.9 Å². The Balaban J connectivity index is 2.26. The van der Waals surface area contributed by atoms with Crippen LogP contribution in [0.3, 0.4) is 0 Å². The Morgan fingerprint density at radius 1 is 1.67 bits per heavy atom. The first kappa shape index (κ1) is 13.4. The van der Waals surface area contributed by atoms with Crippen LogP contribution in [0.2, 0.25) is 0 Å². The zero-order valence-corrected chi connectivity index (χ0v) is 11.4. The summed E-state index contributed by atoms with van der Waals surface area (Å²) in [5, 5.41) is 4.37. The third-order valence-corrected chi connectivity index (χ3v) is 3.71. The Morgan fingerprint density at radius 2 is 2.44 bits per heavy atom. The molecule has 0 bridgehead atoms. The minimum atomic E-state index is -0.0773. The largest absolute Gasteiger partial charge is 0.493 e. The number of aromatic nitrogens is 2. The number of ether oxygens (including phenoxy) is 2. The van der Waals surface area contributed by atoms with E-state index in [1.807, 2.05) is 4.68 Å². The Hall–Kier alpha value is -1.07. The second-order valence-electron chi connectivity index (χ2n) is 4.88. The predicted molar refractivity (Wildman–Crippen MR) is 69.5 cm³/mol. The van der Waals surface area contributed by atoms with Crippen LogP contribution in [-0.2, 0) is 11.3 Å². The second-order valence-corrected chi connectivity index (χ2v) is 4.88. The Labute approximate surface area is 108 Å². The fourth-order valence-electron chi connectivity index (χ4n) is 2.68. The predicted octanol–water partition coefficient (Wildman–Crippen LogP) is 1.73. The lowest BCUT2D eigenvalue weighted by Crippen LogP contribution is -2.29. The minimum absolute atomic E-state index is 0.0773. The third kappa shape index (κ3) is 2.37. The van der Waals surface area contributed by atoms with Gasteiger partial charge in [0.25, 0.3) is 0 Å². The van der Waals surface area contributed by atoms with E-state index in [0.717, 1.165) is 37.4 Å². The molecule has 0 aliphatic carbocycles. The van der Waals surface area contributed by atoms with Crippen molar-refractivity contribution in [3.63, 3.8) is 0 Å². The van der Waals surface area contributed by atoms with Crippen molar-refractivity contribution in [2.45, 2.75) is 45.4 Å². The van der Waals surface area contributed by atoms with Gasteiger partial charge in [-0.05, 0) is 19.8 Å². The summed E-state index contributed by atoms with van der Waals surface area (Å²) in [6, 6.07) is -0.0773. The molecule has 0 radical (unpaired) electrons. The topological polar surface area (TPSA) is 62.3 Å². The zero-order chi connectivity index (χ0) is 13.1. The van der Waals surface area contributed by atoms with Gasteiger partial charge in [0.15, 0.2) is 5.75 Å². The number of hydrogen-bond donors (Lipinski definition) is 1. The van der Waals surface area contributed by atoms with Gasteiger partial charge >= 0.3 is 0 Å². The van der Waals surface area contributed by atoms with E-state index < -0.39 is 0 Å². The van der Waals surface area contributed by atoms with Crippen LogP contribution >= 0.6 is 0 Å². The van der Waals surface area contributed by atoms with E-state index in [0.29, 0.717) is 5.92 Å². The molecule has 5 nitrogen and oxygen atoms in total. The molecule has 2 N–H and O–H groups in total. The van der Waals surface area contributed by atoms with Gasteiger partial charge in [0.1, 0.15) is 0 Å². The number of nitrogens with zero attached hydrogens (tertiary/aromatic N) is 2. The van der Waals surface area contributed by atoms with Gasteiger partial charge in [-0.1, -0.05) is 6.92 Å². The lowest BCUT2D eigenvalue weighted by molar-refractivity contribution is 0.0984. The number of methoxy groups -OCH3 is 1. The zero-order valence-electron chi connectivity index (χ0n) is 11.4. The van der Waals surface area contributed by atoms with E-state index >= 15 is 0 Å². The van der Waals surface area contributed by atoms with Gasteiger partial charge in [0, 0.05) is 19.1 Å². The van der Waals surface area contributed by atoms with Crippen molar-refractivity contribution in [2.24, 2.45) is 11.7 Å². The number of nitrogens with two attached hydrogens (primary N) is 1. The van der Waals surface area contributed by atoms with Crippen LogP contribution < -0.4 is 10.5 Å². The fourth-order valence-corrected chi connectivity index (χ4v) is 2.68. The van der Waals surface area contributed by atoms with Gasteiger partial charge in [-0.25, -0.2) is 0 Å². The van der Waals surface area contributed by atoms with Crippen molar-refractivity contribution >= 4 is 0 Å². The molecule has 1 aliphatic heterocycles. The average Bonchev–Trinajstić information content (AvgIpc) is 2.95. The van der Waals surface area contributed by atoms with Crippen molar-refractivity contribution in [1.29, 1.82) is 0 Å². The molecule has 1 saturated heterocycles. The molecule has 1 aliphatic rings. The fraction of sp³-hybridized carbons (Fsp3) is 0.769. The van der Waals surface area contributed by atoms with Crippen molar-refractivity contribution in [3.8, 4) is 5.75 Å². The standard InChI is InChI=1S/C13H23N3O2/c1-4-6-16-13(11(17-3)8-15-16)12(14)10-5-7-18-9(10)2/h8-10,12H,4-7,14H2,1-3H3. The van der Waals surface area contributed by atoms with E-state index in [-0.39, 0.29) is 12.1 Å². The molecule has 0 aromatic carbocycles. The molecular formula is C13H23N3O2. The van der Waals surface area contributed by atoms with Crippen LogP contribution in [0.5, 0.6) is 5.75 Å². The minimum Gasteiger partial charge on any atom is -0.493 e.